The van der Waals surface area contributed by atoms with Gasteiger partial charge in [-0.15, -0.1) is 0 Å². The number of halogens is 1. The normalized spacial score (nSPS) is 24.6. The molecule has 1 aliphatic carbocycles. The van der Waals surface area contributed by atoms with Crippen LogP contribution >= 0.6 is 0 Å². The van der Waals surface area contributed by atoms with Gasteiger partial charge in [0.05, 0.1) is 17.8 Å². The second-order valence-electron chi connectivity index (χ2n) is 4.44. The summed E-state index contributed by atoms with van der Waals surface area (Å²) in [7, 11) is 0. The van der Waals surface area contributed by atoms with Gasteiger partial charge < -0.3 is 10.4 Å². The molecule has 1 aromatic rings. The summed E-state index contributed by atoms with van der Waals surface area (Å²) in [5.41, 5.74) is 0.410. The highest BCUT2D eigenvalue weighted by molar-refractivity contribution is 5.38. The van der Waals surface area contributed by atoms with Gasteiger partial charge in [-0.1, -0.05) is 19.8 Å². The smallest absolute Gasteiger partial charge is 0.186 e. The average Bonchev–Trinajstić information content (AvgIpc) is 2.34. The minimum atomic E-state index is -0.414. The minimum absolute atomic E-state index is 0.0992. The summed E-state index contributed by atoms with van der Waals surface area (Å²) in [5.74, 6) is -0.185. The maximum atomic E-state index is 13.9. The van der Waals surface area contributed by atoms with E-state index in [1.54, 1.807) is 0 Å². The van der Waals surface area contributed by atoms with E-state index in [1.807, 2.05) is 6.92 Å². The van der Waals surface area contributed by atoms with E-state index in [-0.39, 0.29) is 11.9 Å². The molecule has 1 fully saturated rings. The average molecular weight is 239 g/mol. The fourth-order valence-electron chi connectivity index (χ4n) is 2.21. The van der Waals surface area contributed by atoms with Crippen LogP contribution in [0.15, 0.2) is 6.33 Å². The number of hydrogen-bond acceptors (Lipinski definition) is 4. The zero-order valence-electron chi connectivity index (χ0n) is 9.99. The Bertz CT molecular complexity index is 386. The van der Waals surface area contributed by atoms with E-state index in [9.17, 15) is 9.50 Å². The van der Waals surface area contributed by atoms with Crippen LogP contribution in [0, 0.1) is 5.82 Å². The zero-order chi connectivity index (χ0) is 12.3. The SMILES string of the molecule is CCc1ncnc(NC2CCCCC2O)c1F. The quantitative estimate of drug-likeness (QED) is 0.845. The van der Waals surface area contributed by atoms with Crippen LogP contribution in [0.2, 0.25) is 0 Å². The molecule has 94 valence electrons. The Kier molecular flexibility index (Phi) is 3.89. The topological polar surface area (TPSA) is 58.0 Å². The molecule has 0 aromatic carbocycles. The standard InChI is InChI=1S/C12H18FN3O/c1-2-8-11(13)12(15-7-14-8)16-9-5-3-4-6-10(9)17/h7,9-10,17H,2-6H2,1H3,(H,14,15,16). The molecule has 0 radical (unpaired) electrons. The molecule has 1 aliphatic rings. The number of aliphatic hydroxyl groups is 1. The van der Waals surface area contributed by atoms with Crippen LogP contribution in [-0.2, 0) is 6.42 Å². The highest BCUT2D eigenvalue weighted by Crippen LogP contribution is 2.23. The van der Waals surface area contributed by atoms with Crippen LogP contribution in [0.25, 0.3) is 0 Å². The number of hydrogen-bond donors (Lipinski definition) is 2. The van der Waals surface area contributed by atoms with Crippen molar-refractivity contribution in [2.75, 3.05) is 5.32 Å². The second kappa shape index (κ2) is 5.40. The van der Waals surface area contributed by atoms with Gasteiger partial charge >= 0.3 is 0 Å². The molecule has 5 heteroatoms. The van der Waals surface area contributed by atoms with Gasteiger partial charge in [0.1, 0.15) is 6.33 Å². The highest BCUT2D eigenvalue weighted by atomic mass is 19.1. The first-order chi connectivity index (χ1) is 8.22. The third kappa shape index (κ3) is 2.72. The Balaban J connectivity index is 2.12. The lowest BCUT2D eigenvalue weighted by molar-refractivity contribution is 0.116. The van der Waals surface area contributed by atoms with Crippen LogP contribution < -0.4 is 5.32 Å². The van der Waals surface area contributed by atoms with Crippen molar-refractivity contribution in [3.63, 3.8) is 0 Å². The summed E-state index contributed by atoms with van der Waals surface area (Å²) in [6.45, 7) is 1.85. The Labute approximate surface area is 100 Å². The van der Waals surface area contributed by atoms with Gasteiger partial charge in [0.25, 0.3) is 0 Å². The first-order valence-corrected chi connectivity index (χ1v) is 6.16. The van der Waals surface area contributed by atoms with Gasteiger partial charge in [-0.3, -0.25) is 0 Å². The number of nitrogens with zero attached hydrogens (tertiary/aromatic N) is 2. The predicted octanol–water partition coefficient (Wildman–Crippen LogP) is 1.89. The number of aryl methyl sites for hydroxylation is 1. The van der Waals surface area contributed by atoms with E-state index in [4.69, 9.17) is 0 Å². The van der Waals surface area contributed by atoms with Crippen molar-refractivity contribution in [3.8, 4) is 0 Å². The van der Waals surface area contributed by atoms with E-state index >= 15 is 0 Å². The summed E-state index contributed by atoms with van der Waals surface area (Å²) in [5, 5.41) is 12.8. The summed E-state index contributed by atoms with van der Waals surface area (Å²) in [4.78, 5) is 7.79. The molecule has 2 N–H and O–H groups in total. The number of aromatic nitrogens is 2. The van der Waals surface area contributed by atoms with E-state index in [1.165, 1.54) is 6.33 Å². The van der Waals surface area contributed by atoms with Gasteiger partial charge in [0.15, 0.2) is 11.6 Å². The fraction of sp³-hybridized carbons (Fsp3) is 0.667. The monoisotopic (exact) mass is 239 g/mol. The number of aliphatic hydroxyl groups excluding tert-OH is 1. The van der Waals surface area contributed by atoms with Gasteiger partial charge in [0, 0.05) is 0 Å². The summed E-state index contributed by atoms with van der Waals surface area (Å²) < 4.78 is 13.9. The lowest BCUT2D eigenvalue weighted by Gasteiger charge is -2.28. The van der Waals surface area contributed by atoms with Gasteiger partial charge in [0.2, 0.25) is 0 Å². The van der Waals surface area contributed by atoms with E-state index in [2.05, 4.69) is 15.3 Å². The van der Waals surface area contributed by atoms with Crippen molar-refractivity contribution in [3.05, 3.63) is 17.8 Å². The first-order valence-electron chi connectivity index (χ1n) is 6.16. The molecule has 2 unspecified atom stereocenters. The lowest BCUT2D eigenvalue weighted by Crippen LogP contribution is -2.37. The fourth-order valence-corrected chi connectivity index (χ4v) is 2.21. The molecule has 0 spiro atoms. The van der Waals surface area contributed by atoms with Crippen molar-refractivity contribution in [1.82, 2.24) is 9.97 Å². The van der Waals surface area contributed by atoms with Crippen molar-refractivity contribution >= 4 is 5.82 Å². The van der Waals surface area contributed by atoms with Crippen LogP contribution in [0.5, 0.6) is 0 Å². The molecule has 0 aliphatic heterocycles. The molecule has 0 bridgehead atoms. The molecule has 2 rings (SSSR count). The number of nitrogens with one attached hydrogen (secondary N) is 1. The Morgan fingerprint density at radius 2 is 2.18 bits per heavy atom. The van der Waals surface area contributed by atoms with Gasteiger partial charge in [-0.05, 0) is 19.3 Å². The molecule has 0 amide bonds. The maximum Gasteiger partial charge on any atom is 0.186 e. The third-order valence-corrected chi connectivity index (χ3v) is 3.25. The van der Waals surface area contributed by atoms with Gasteiger partial charge in [-0.2, -0.15) is 0 Å². The highest BCUT2D eigenvalue weighted by Gasteiger charge is 2.24. The van der Waals surface area contributed by atoms with E-state index < -0.39 is 11.9 Å². The molecule has 0 saturated heterocycles. The molecule has 2 atom stereocenters. The Morgan fingerprint density at radius 3 is 2.88 bits per heavy atom. The molecule has 17 heavy (non-hydrogen) atoms. The molecule has 1 saturated carbocycles. The molecule has 1 heterocycles. The summed E-state index contributed by atoms with van der Waals surface area (Å²) in [6.07, 6.45) is 5.20. The van der Waals surface area contributed by atoms with Gasteiger partial charge in [-0.25, -0.2) is 14.4 Å². The third-order valence-electron chi connectivity index (χ3n) is 3.25. The van der Waals surface area contributed by atoms with Crippen molar-refractivity contribution in [2.24, 2.45) is 0 Å². The number of rotatable bonds is 3. The van der Waals surface area contributed by atoms with Crippen LogP contribution in [0.1, 0.15) is 38.3 Å². The van der Waals surface area contributed by atoms with Crippen molar-refractivity contribution < 1.29 is 9.50 Å². The van der Waals surface area contributed by atoms with Crippen LogP contribution in [-0.4, -0.2) is 27.2 Å². The van der Waals surface area contributed by atoms with Crippen molar-refractivity contribution in [2.45, 2.75) is 51.2 Å². The van der Waals surface area contributed by atoms with Crippen LogP contribution in [0.4, 0.5) is 10.2 Å². The van der Waals surface area contributed by atoms with Crippen LogP contribution in [0.3, 0.4) is 0 Å². The second-order valence-corrected chi connectivity index (χ2v) is 4.44. The maximum absolute atomic E-state index is 13.9. The summed E-state index contributed by atoms with van der Waals surface area (Å²) >= 11 is 0. The molecule has 4 nitrogen and oxygen atoms in total. The minimum Gasteiger partial charge on any atom is -0.391 e. The predicted molar refractivity (Wildman–Crippen MR) is 63.3 cm³/mol. The Morgan fingerprint density at radius 1 is 1.41 bits per heavy atom. The molecular weight excluding hydrogens is 221 g/mol. The molecular formula is C12H18FN3O. The molecule has 1 aromatic heterocycles. The summed E-state index contributed by atoms with van der Waals surface area (Å²) in [6, 6.07) is -0.0992. The van der Waals surface area contributed by atoms with E-state index in [0.717, 1.165) is 25.7 Å². The van der Waals surface area contributed by atoms with E-state index in [0.29, 0.717) is 12.1 Å². The zero-order valence-corrected chi connectivity index (χ0v) is 9.99. The first kappa shape index (κ1) is 12.2. The largest absolute Gasteiger partial charge is 0.391 e. The number of anilines is 1. The van der Waals surface area contributed by atoms with Crippen molar-refractivity contribution in [1.29, 1.82) is 0 Å². The Hall–Kier alpha value is -1.23. The lowest BCUT2D eigenvalue weighted by atomic mass is 9.92.